The van der Waals surface area contributed by atoms with Gasteiger partial charge in [0, 0.05) is 38.3 Å². The molecule has 252 valence electrons. The molecule has 3 nitrogen and oxygen atoms in total. The summed E-state index contributed by atoms with van der Waals surface area (Å²) in [7, 11) is 0. The topological polar surface area (TPSA) is 30.7 Å². The van der Waals surface area contributed by atoms with Crippen LogP contribution >= 0.6 is 0 Å². The van der Waals surface area contributed by atoms with Gasteiger partial charge >= 0.3 is 0 Å². The minimum Gasteiger partial charge on any atom is -0.278 e. The zero-order valence-corrected chi connectivity index (χ0v) is 29.9. The van der Waals surface area contributed by atoms with Crippen LogP contribution in [0.2, 0.25) is 0 Å². The van der Waals surface area contributed by atoms with E-state index in [9.17, 15) is 0 Å². The van der Waals surface area contributed by atoms with E-state index in [4.69, 9.17) is 9.97 Å². The molecule has 12 rings (SSSR count). The van der Waals surface area contributed by atoms with Crippen molar-refractivity contribution in [1.82, 2.24) is 14.5 Å². The zero-order chi connectivity index (χ0) is 35.7. The van der Waals surface area contributed by atoms with Crippen molar-refractivity contribution in [1.29, 1.82) is 0 Å². The highest BCUT2D eigenvalue weighted by Gasteiger charge is 2.40. The summed E-state index contributed by atoms with van der Waals surface area (Å²) in [6, 6.07) is 59.8. The Balaban J connectivity index is 1.27. The molecule has 2 heterocycles. The molecule has 2 aromatic heterocycles. The Bertz CT molecular complexity index is 3390. The number of hydrogen-bond donors (Lipinski definition) is 0. The monoisotopic (exact) mass is 687 g/mol. The van der Waals surface area contributed by atoms with Crippen molar-refractivity contribution in [2.24, 2.45) is 0 Å². The van der Waals surface area contributed by atoms with Gasteiger partial charge in [0.15, 0.2) is 0 Å². The third-order valence-corrected chi connectivity index (χ3v) is 12.1. The van der Waals surface area contributed by atoms with Gasteiger partial charge in [-0.3, -0.25) is 4.57 Å². The molecule has 0 N–H and O–H groups in total. The van der Waals surface area contributed by atoms with Gasteiger partial charge in [0.05, 0.1) is 22.4 Å². The maximum atomic E-state index is 5.67. The molecule has 0 spiro atoms. The van der Waals surface area contributed by atoms with Gasteiger partial charge in [-0.05, 0) is 78.3 Å². The second-order valence-corrected chi connectivity index (χ2v) is 15.4. The van der Waals surface area contributed by atoms with Crippen LogP contribution in [0.25, 0.3) is 104 Å². The number of rotatable bonds is 2. The van der Waals surface area contributed by atoms with E-state index in [0.29, 0.717) is 5.95 Å². The predicted octanol–water partition coefficient (Wildman–Crippen LogP) is 13.3. The van der Waals surface area contributed by atoms with E-state index in [-0.39, 0.29) is 5.41 Å². The highest BCUT2D eigenvalue weighted by atomic mass is 15.2. The van der Waals surface area contributed by atoms with E-state index in [1.165, 1.54) is 81.3 Å². The van der Waals surface area contributed by atoms with Crippen LogP contribution in [0, 0.1) is 0 Å². The summed E-state index contributed by atoms with van der Waals surface area (Å²) in [5.74, 6) is 0.684. The standard InChI is InChI=1S/C51H33N3/c1-51(2)42-22-12-11-21-40(42)49-47(51)48(34-24-23-30-13-3-4-14-31(30)27-34)52-50(53-49)54-43-26-25-39-37-19-8-7-17-35(37)36-18-9-10-20-38(36)45(39)46(43)41-28-32-15-5-6-16-33(32)29-44(41)54/h3-29H,1-2H3. The third-order valence-electron chi connectivity index (χ3n) is 12.1. The Morgan fingerprint density at radius 2 is 1.00 bits per heavy atom. The van der Waals surface area contributed by atoms with Crippen molar-refractivity contribution >= 4 is 75.7 Å². The first kappa shape index (κ1) is 29.7. The number of aromatic nitrogens is 3. The first-order valence-corrected chi connectivity index (χ1v) is 18.8. The van der Waals surface area contributed by atoms with Crippen LogP contribution in [0.4, 0.5) is 0 Å². The molecule has 3 heteroatoms. The van der Waals surface area contributed by atoms with Crippen molar-refractivity contribution in [3.05, 3.63) is 175 Å². The van der Waals surface area contributed by atoms with Gasteiger partial charge in [-0.25, -0.2) is 9.97 Å². The Hall–Kier alpha value is -6.84. The first-order valence-electron chi connectivity index (χ1n) is 18.8. The molecule has 0 amide bonds. The molecule has 54 heavy (non-hydrogen) atoms. The quantitative estimate of drug-likeness (QED) is 0.169. The van der Waals surface area contributed by atoms with Gasteiger partial charge in [-0.2, -0.15) is 0 Å². The largest absolute Gasteiger partial charge is 0.278 e. The van der Waals surface area contributed by atoms with Crippen molar-refractivity contribution < 1.29 is 0 Å². The molecule has 1 aliphatic rings. The molecule has 11 aromatic rings. The maximum Gasteiger partial charge on any atom is 0.235 e. The minimum absolute atomic E-state index is 0.279. The van der Waals surface area contributed by atoms with E-state index in [2.05, 4.69) is 182 Å². The fourth-order valence-electron chi connectivity index (χ4n) is 9.65. The number of nitrogens with zero attached hydrogens (tertiary/aromatic N) is 3. The fraction of sp³-hybridized carbons (Fsp3) is 0.0588. The highest BCUT2D eigenvalue weighted by Crippen LogP contribution is 2.52. The zero-order valence-electron chi connectivity index (χ0n) is 29.9. The van der Waals surface area contributed by atoms with Gasteiger partial charge in [-0.1, -0.05) is 153 Å². The number of benzene rings is 9. The van der Waals surface area contributed by atoms with E-state index >= 15 is 0 Å². The Morgan fingerprint density at radius 1 is 0.426 bits per heavy atom. The molecule has 0 radical (unpaired) electrons. The summed E-state index contributed by atoms with van der Waals surface area (Å²) >= 11 is 0. The lowest BCUT2D eigenvalue weighted by atomic mass is 9.80. The summed E-state index contributed by atoms with van der Waals surface area (Å²) < 4.78 is 2.33. The van der Waals surface area contributed by atoms with Crippen molar-refractivity contribution in [2.45, 2.75) is 19.3 Å². The summed E-state index contributed by atoms with van der Waals surface area (Å²) in [6.07, 6.45) is 0. The Kier molecular flexibility index (Phi) is 5.84. The smallest absolute Gasteiger partial charge is 0.235 e. The van der Waals surface area contributed by atoms with E-state index in [0.717, 1.165) is 28.0 Å². The van der Waals surface area contributed by atoms with Crippen LogP contribution in [0.5, 0.6) is 0 Å². The lowest BCUT2D eigenvalue weighted by molar-refractivity contribution is 0.657. The summed E-state index contributed by atoms with van der Waals surface area (Å²) in [6.45, 7) is 4.64. The Morgan fingerprint density at radius 3 is 1.76 bits per heavy atom. The third kappa shape index (κ3) is 3.91. The summed E-state index contributed by atoms with van der Waals surface area (Å²) in [5, 5.41) is 14.8. The molecular formula is C51H33N3. The van der Waals surface area contributed by atoms with Gasteiger partial charge in [0.25, 0.3) is 0 Å². The fourth-order valence-corrected chi connectivity index (χ4v) is 9.65. The van der Waals surface area contributed by atoms with Crippen LogP contribution in [0.1, 0.15) is 25.0 Å². The minimum atomic E-state index is -0.279. The maximum absolute atomic E-state index is 5.67. The molecule has 0 saturated carbocycles. The molecule has 0 unspecified atom stereocenters. The van der Waals surface area contributed by atoms with Crippen LogP contribution in [-0.4, -0.2) is 14.5 Å². The Labute approximate surface area is 311 Å². The second kappa shape index (κ2) is 10.6. The van der Waals surface area contributed by atoms with Crippen molar-refractivity contribution in [2.75, 3.05) is 0 Å². The summed E-state index contributed by atoms with van der Waals surface area (Å²) in [5.41, 5.74) is 8.65. The molecule has 0 aliphatic heterocycles. The average molecular weight is 688 g/mol. The normalized spacial score (nSPS) is 13.5. The first-order chi connectivity index (χ1) is 26.5. The van der Waals surface area contributed by atoms with Gasteiger partial charge in [0.2, 0.25) is 5.95 Å². The van der Waals surface area contributed by atoms with Gasteiger partial charge in [-0.15, -0.1) is 0 Å². The molecule has 0 atom stereocenters. The number of hydrogen-bond acceptors (Lipinski definition) is 2. The predicted molar refractivity (Wildman–Crippen MR) is 227 cm³/mol. The molecular weight excluding hydrogens is 655 g/mol. The molecule has 9 aromatic carbocycles. The van der Waals surface area contributed by atoms with Crippen LogP contribution < -0.4 is 0 Å². The van der Waals surface area contributed by atoms with Gasteiger partial charge < -0.3 is 0 Å². The van der Waals surface area contributed by atoms with Gasteiger partial charge in [0.1, 0.15) is 0 Å². The van der Waals surface area contributed by atoms with E-state index < -0.39 is 0 Å². The summed E-state index contributed by atoms with van der Waals surface area (Å²) in [4.78, 5) is 11.3. The lowest BCUT2D eigenvalue weighted by Crippen LogP contribution is -2.18. The highest BCUT2D eigenvalue weighted by molar-refractivity contribution is 6.35. The molecule has 1 aliphatic carbocycles. The van der Waals surface area contributed by atoms with E-state index in [1.807, 2.05) is 0 Å². The van der Waals surface area contributed by atoms with Crippen LogP contribution in [0.3, 0.4) is 0 Å². The average Bonchev–Trinajstić information content (AvgIpc) is 3.67. The molecule has 0 saturated heterocycles. The molecule has 0 fully saturated rings. The van der Waals surface area contributed by atoms with Crippen molar-refractivity contribution in [3.63, 3.8) is 0 Å². The van der Waals surface area contributed by atoms with Crippen molar-refractivity contribution in [3.8, 4) is 28.5 Å². The lowest BCUT2D eigenvalue weighted by Gasteiger charge is -2.24. The second-order valence-electron chi connectivity index (χ2n) is 15.4. The van der Waals surface area contributed by atoms with Crippen LogP contribution in [0.15, 0.2) is 164 Å². The number of fused-ring (bicyclic) bond motifs is 15. The van der Waals surface area contributed by atoms with Crippen LogP contribution in [-0.2, 0) is 5.41 Å². The molecule has 0 bridgehead atoms. The van der Waals surface area contributed by atoms with E-state index in [1.54, 1.807) is 0 Å². The SMILES string of the molecule is CC1(C)c2ccccc2-c2nc(-n3c4cc5ccccc5cc4c4c5c6ccccc6c6ccccc6c5ccc43)nc(-c3ccc4ccccc4c3)c21.